The monoisotopic (exact) mass is 225 g/mol. The Morgan fingerprint density at radius 2 is 1.56 bits per heavy atom. The number of ether oxygens (including phenoxy) is 2. The van der Waals surface area contributed by atoms with Gasteiger partial charge in [-0.15, -0.1) is 0 Å². The van der Waals surface area contributed by atoms with Crippen molar-refractivity contribution in [1.82, 2.24) is 0 Å². The van der Waals surface area contributed by atoms with E-state index in [1.807, 2.05) is 26.0 Å². The van der Waals surface area contributed by atoms with E-state index in [4.69, 9.17) is 15.2 Å². The van der Waals surface area contributed by atoms with Crippen molar-refractivity contribution in [1.29, 1.82) is 0 Å². The molecule has 0 heterocycles. The molecular weight excluding hydrogens is 202 g/mol. The predicted molar refractivity (Wildman–Crippen MR) is 67.7 cm³/mol. The Labute approximate surface area is 98.6 Å². The molecule has 0 fully saturated rings. The molecule has 2 N–H and O–H groups in total. The molecule has 3 heteroatoms. The third-order valence-corrected chi connectivity index (χ3v) is 2.07. The molecule has 0 atom stereocenters. The Morgan fingerprint density at radius 3 is 2.00 bits per heavy atom. The molecule has 0 amide bonds. The first-order chi connectivity index (χ1) is 7.69. The van der Waals surface area contributed by atoms with Crippen molar-refractivity contribution in [2.75, 3.05) is 13.2 Å². The molecule has 0 aromatic rings. The van der Waals surface area contributed by atoms with Gasteiger partial charge in [0.1, 0.15) is 0 Å². The summed E-state index contributed by atoms with van der Waals surface area (Å²) in [5.41, 5.74) is 6.78. The second-order valence-electron chi connectivity index (χ2n) is 3.29. The van der Waals surface area contributed by atoms with E-state index in [1.165, 1.54) is 11.8 Å². The molecule has 0 rings (SSSR count). The van der Waals surface area contributed by atoms with Crippen molar-refractivity contribution in [2.24, 2.45) is 5.73 Å². The van der Waals surface area contributed by atoms with Crippen LogP contribution in [-0.2, 0) is 9.47 Å². The van der Waals surface area contributed by atoms with Crippen molar-refractivity contribution in [2.45, 2.75) is 34.1 Å². The van der Waals surface area contributed by atoms with Crippen LogP contribution in [0.1, 0.15) is 34.1 Å². The molecule has 0 bridgehead atoms. The van der Waals surface area contributed by atoms with Crippen molar-refractivity contribution in [3.8, 4) is 0 Å². The maximum absolute atomic E-state index is 5.50. The largest absolute Gasteiger partial charge is 0.490 e. The highest BCUT2D eigenvalue weighted by Gasteiger charge is 2.05. The first kappa shape index (κ1) is 14.6. The third-order valence-electron chi connectivity index (χ3n) is 2.07. The molecule has 0 aromatic heterocycles. The minimum absolute atomic E-state index is 0.573. The smallest absolute Gasteiger partial charge is 0.176 e. The van der Waals surface area contributed by atoms with Gasteiger partial charge < -0.3 is 15.2 Å². The van der Waals surface area contributed by atoms with Gasteiger partial charge in [0.25, 0.3) is 0 Å². The lowest BCUT2D eigenvalue weighted by Gasteiger charge is -2.12. The van der Waals surface area contributed by atoms with Crippen LogP contribution in [-0.4, -0.2) is 13.2 Å². The van der Waals surface area contributed by atoms with Gasteiger partial charge in [0.2, 0.25) is 0 Å². The van der Waals surface area contributed by atoms with Crippen LogP contribution < -0.4 is 5.73 Å². The van der Waals surface area contributed by atoms with Crippen LogP contribution in [0.25, 0.3) is 0 Å². The Hall–Kier alpha value is -1.38. The van der Waals surface area contributed by atoms with Gasteiger partial charge in [-0.1, -0.05) is 18.6 Å². The summed E-state index contributed by atoms with van der Waals surface area (Å²) in [6, 6.07) is 0. The summed E-state index contributed by atoms with van der Waals surface area (Å²) in [6.45, 7) is 9.21. The Balaban J connectivity index is 4.83. The molecule has 3 nitrogen and oxygen atoms in total. The minimum Gasteiger partial charge on any atom is -0.490 e. The van der Waals surface area contributed by atoms with Crippen LogP contribution >= 0.6 is 0 Å². The lowest BCUT2D eigenvalue weighted by atomic mass is 10.2. The third kappa shape index (κ3) is 5.49. The number of allylic oxidation sites excluding steroid dienone is 3. The number of hydrogen-bond donors (Lipinski definition) is 1. The molecular formula is C13H23NO2. The fraction of sp³-hybridized carbons (Fsp3) is 0.538. The molecule has 92 valence electrons. The SMILES string of the molecule is CCOC(=C/N)/C(=C\C=C(/C)CC)OCC. The van der Waals surface area contributed by atoms with Crippen LogP contribution in [0.5, 0.6) is 0 Å². The second kappa shape index (κ2) is 8.89. The summed E-state index contributed by atoms with van der Waals surface area (Å²) in [4.78, 5) is 0. The number of nitrogens with two attached hydrogens (primary N) is 1. The molecule has 16 heavy (non-hydrogen) atoms. The van der Waals surface area contributed by atoms with E-state index in [2.05, 4.69) is 13.8 Å². The van der Waals surface area contributed by atoms with Crippen molar-refractivity contribution < 1.29 is 9.47 Å². The van der Waals surface area contributed by atoms with E-state index in [-0.39, 0.29) is 0 Å². The van der Waals surface area contributed by atoms with Gasteiger partial charge >= 0.3 is 0 Å². The summed E-state index contributed by atoms with van der Waals surface area (Å²) in [7, 11) is 0. The van der Waals surface area contributed by atoms with Gasteiger partial charge in [-0.3, -0.25) is 0 Å². The molecule has 0 radical (unpaired) electrons. The highest BCUT2D eigenvalue weighted by atomic mass is 16.5. The average molecular weight is 225 g/mol. The van der Waals surface area contributed by atoms with Crippen molar-refractivity contribution in [3.05, 3.63) is 35.4 Å². The van der Waals surface area contributed by atoms with Crippen molar-refractivity contribution >= 4 is 0 Å². The van der Waals surface area contributed by atoms with E-state index in [1.54, 1.807) is 0 Å². The Morgan fingerprint density at radius 1 is 1.00 bits per heavy atom. The fourth-order valence-corrected chi connectivity index (χ4v) is 1.05. The van der Waals surface area contributed by atoms with Crippen molar-refractivity contribution in [3.63, 3.8) is 0 Å². The van der Waals surface area contributed by atoms with Gasteiger partial charge in [-0.25, -0.2) is 0 Å². The molecule has 0 unspecified atom stereocenters. The molecule has 0 aliphatic carbocycles. The zero-order chi connectivity index (χ0) is 12.4. The van der Waals surface area contributed by atoms with E-state index in [9.17, 15) is 0 Å². The molecule has 0 aromatic carbocycles. The average Bonchev–Trinajstić information content (AvgIpc) is 2.31. The first-order valence-electron chi connectivity index (χ1n) is 5.74. The lowest BCUT2D eigenvalue weighted by Crippen LogP contribution is -2.03. The van der Waals surface area contributed by atoms with Gasteiger partial charge in [-0.2, -0.15) is 0 Å². The van der Waals surface area contributed by atoms with Crippen LogP contribution in [0.15, 0.2) is 35.4 Å². The van der Waals surface area contributed by atoms with E-state index in [0.29, 0.717) is 24.7 Å². The van der Waals surface area contributed by atoms with E-state index < -0.39 is 0 Å². The standard InChI is InChI=1S/C13H23NO2/c1-5-11(4)8-9-12(15-6-2)13(10-14)16-7-3/h8-10H,5-7,14H2,1-4H3/b11-8+,12-9+,13-10+. The van der Waals surface area contributed by atoms with Crippen LogP contribution in [0.4, 0.5) is 0 Å². The van der Waals surface area contributed by atoms with Gasteiger partial charge in [-0.05, 0) is 33.3 Å². The van der Waals surface area contributed by atoms with Gasteiger partial charge in [0, 0.05) is 6.20 Å². The summed E-state index contributed by atoms with van der Waals surface area (Å²) in [6.07, 6.45) is 6.37. The van der Waals surface area contributed by atoms with E-state index in [0.717, 1.165) is 6.42 Å². The Kier molecular flexibility index (Phi) is 8.12. The van der Waals surface area contributed by atoms with Gasteiger partial charge in [0.05, 0.1) is 13.2 Å². The second-order valence-corrected chi connectivity index (χ2v) is 3.29. The normalized spacial score (nSPS) is 13.9. The number of rotatable bonds is 7. The zero-order valence-corrected chi connectivity index (χ0v) is 10.7. The van der Waals surface area contributed by atoms with E-state index >= 15 is 0 Å². The van der Waals surface area contributed by atoms with Crippen LogP contribution in [0, 0.1) is 0 Å². The minimum atomic E-state index is 0.573. The topological polar surface area (TPSA) is 44.5 Å². The molecule has 0 aliphatic heterocycles. The summed E-state index contributed by atoms with van der Waals surface area (Å²) >= 11 is 0. The van der Waals surface area contributed by atoms with Crippen LogP contribution in [0.2, 0.25) is 0 Å². The molecule has 0 aliphatic rings. The summed E-state index contributed by atoms with van der Waals surface area (Å²) in [5, 5.41) is 0. The fourth-order valence-electron chi connectivity index (χ4n) is 1.05. The first-order valence-corrected chi connectivity index (χ1v) is 5.74. The Bertz CT molecular complexity index is 278. The lowest BCUT2D eigenvalue weighted by molar-refractivity contribution is 0.164. The maximum atomic E-state index is 5.50. The predicted octanol–water partition coefficient (Wildman–Crippen LogP) is 3.10. The summed E-state index contributed by atoms with van der Waals surface area (Å²) < 4.78 is 10.9. The van der Waals surface area contributed by atoms with Gasteiger partial charge in [0.15, 0.2) is 11.5 Å². The zero-order valence-electron chi connectivity index (χ0n) is 10.7. The quantitative estimate of drug-likeness (QED) is 0.535. The summed E-state index contributed by atoms with van der Waals surface area (Å²) in [5.74, 6) is 1.27. The maximum Gasteiger partial charge on any atom is 0.176 e. The van der Waals surface area contributed by atoms with Crippen LogP contribution in [0.3, 0.4) is 0 Å². The molecule has 0 spiro atoms. The highest BCUT2D eigenvalue weighted by molar-refractivity contribution is 5.25. The highest BCUT2D eigenvalue weighted by Crippen LogP contribution is 2.13. The molecule has 0 saturated heterocycles. The number of hydrogen-bond acceptors (Lipinski definition) is 3. The molecule has 0 saturated carbocycles.